The molecule has 2 aromatic rings. The summed E-state index contributed by atoms with van der Waals surface area (Å²) in [7, 11) is -8.01. The van der Waals surface area contributed by atoms with Crippen LogP contribution < -0.4 is 4.74 Å². The van der Waals surface area contributed by atoms with Crippen molar-refractivity contribution in [2.45, 2.75) is 9.79 Å². The van der Waals surface area contributed by atoms with Crippen LogP contribution in [-0.4, -0.2) is 33.1 Å². The lowest BCUT2D eigenvalue weighted by molar-refractivity contribution is 0.418. The third-order valence-electron chi connectivity index (χ3n) is 2.67. The van der Waals surface area contributed by atoms with Crippen LogP contribution >= 0.6 is 0 Å². The zero-order valence-corrected chi connectivity index (χ0v) is 11.8. The quantitative estimate of drug-likeness (QED) is 0.820. The Hall–Kier alpha value is -1.68. The van der Waals surface area contributed by atoms with Gasteiger partial charge in [-0.3, -0.25) is 9.11 Å². The molecular weight excluding hydrogens is 308 g/mol. The number of rotatable bonds is 3. The highest BCUT2D eigenvalue weighted by molar-refractivity contribution is 7.86. The highest BCUT2D eigenvalue weighted by Gasteiger charge is 2.22. The van der Waals surface area contributed by atoms with Gasteiger partial charge in [0, 0.05) is 5.39 Å². The van der Waals surface area contributed by atoms with Crippen molar-refractivity contribution in [2.75, 3.05) is 7.11 Å². The largest absolute Gasteiger partial charge is 0.496 e. The van der Waals surface area contributed by atoms with Crippen LogP contribution in [0.2, 0.25) is 0 Å². The van der Waals surface area contributed by atoms with Gasteiger partial charge in [0.15, 0.2) is 0 Å². The van der Waals surface area contributed by atoms with Gasteiger partial charge in [-0.2, -0.15) is 16.8 Å². The van der Waals surface area contributed by atoms with Crippen LogP contribution in [0.15, 0.2) is 40.1 Å². The van der Waals surface area contributed by atoms with Gasteiger partial charge >= 0.3 is 0 Å². The first kappa shape index (κ1) is 14.7. The van der Waals surface area contributed by atoms with Crippen molar-refractivity contribution in [2.24, 2.45) is 0 Å². The Bertz CT molecular complexity index is 882. The summed E-state index contributed by atoms with van der Waals surface area (Å²) in [4.78, 5) is -1.29. The van der Waals surface area contributed by atoms with E-state index in [1.807, 2.05) is 0 Å². The van der Waals surface area contributed by atoms with E-state index in [1.165, 1.54) is 25.3 Å². The molecule has 9 heteroatoms. The van der Waals surface area contributed by atoms with Gasteiger partial charge in [0.2, 0.25) is 0 Å². The van der Waals surface area contributed by atoms with Crippen LogP contribution in [0, 0.1) is 0 Å². The van der Waals surface area contributed by atoms with Gasteiger partial charge in [-0.1, -0.05) is 12.1 Å². The topological polar surface area (TPSA) is 118 Å². The summed E-state index contributed by atoms with van der Waals surface area (Å²) >= 11 is 0. The van der Waals surface area contributed by atoms with E-state index in [2.05, 4.69) is 0 Å². The number of hydrogen-bond donors (Lipinski definition) is 2. The molecule has 0 atom stereocenters. The van der Waals surface area contributed by atoms with Crippen molar-refractivity contribution in [3.8, 4) is 5.75 Å². The number of ether oxygens (including phenoxy) is 1. The van der Waals surface area contributed by atoms with Gasteiger partial charge < -0.3 is 4.74 Å². The minimum atomic E-state index is -4.70. The third-order valence-corrected chi connectivity index (χ3v) is 4.38. The molecule has 0 unspecified atom stereocenters. The van der Waals surface area contributed by atoms with Crippen molar-refractivity contribution in [3.05, 3.63) is 30.3 Å². The lowest BCUT2D eigenvalue weighted by atomic mass is 10.1. The fraction of sp³-hybridized carbons (Fsp3) is 0.0909. The Morgan fingerprint density at radius 3 is 2.15 bits per heavy atom. The van der Waals surface area contributed by atoms with Gasteiger partial charge in [-0.15, -0.1) is 0 Å². The molecule has 2 N–H and O–H groups in total. The molecule has 0 radical (unpaired) electrons. The van der Waals surface area contributed by atoms with Gasteiger partial charge in [-0.05, 0) is 23.6 Å². The fourth-order valence-corrected chi connectivity index (χ4v) is 3.22. The van der Waals surface area contributed by atoms with Crippen molar-refractivity contribution in [3.63, 3.8) is 0 Å². The minimum Gasteiger partial charge on any atom is -0.496 e. The second-order valence-electron chi connectivity index (χ2n) is 3.93. The van der Waals surface area contributed by atoms with Gasteiger partial charge in [0.1, 0.15) is 10.6 Å². The highest BCUT2D eigenvalue weighted by Crippen LogP contribution is 2.33. The van der Waals surface area contributed by atoms with Crippen LogP contribution in [-0.2, 0) is 20.2 Å². The molecule has 0 fully saturated rings. The molecule has 7 nitrogen and oxygen atoms in total. The predicted molar refractivity (Wildman–Crippen MR) is 70.1 cm³/mol. The lowest BCUT2D eigenvalue weighted by Gasteiger charge is -2.10. The van der Waals surface area contributed by atoms with E-state index < -0.39 is 30.0 Å². The molecule has 2 aromatic carbocycles. The molecule has 0 aromatic heterocycles. The molecule has 0 amide bonds. The van der Waals surface area contributed by atoms with Crippen LogP contribution in [0.3, 0.4) is 0 Å². The molecule has 0 aliphatic heterocycles. The maximum Gasteiger partial charge on any atom is 0.295 e. The number of fused-ring (bicyclic) bond motifs is 1. The molecule has 0 heterocycles. The first-order valence-corrected chi connectivity index (χ1v) is 8.08. The van der Waals surface area contributed by atoms with E-state index in [0.29, 0.717) is 6.07 Å². The molecule has 0 spiro atoms. The number of methoxy groups -OCH3 is 1. The summed E-state index contributed by atoms with van der Waals surface area (Å²) in [5, 5.41) is 0.219. The Balaban J connectivity index is 3.05. The molecule has 0 saturated carbocycles. The predicted octanol–water partition coefficient (Wildman–Crippen LogP) is 1.34. The zero-order chi connectivity index (χ0) is 15.1. The van der Waals surface area contributed by atoms with E-state index in [4.69, 9.17) is 9.29 Å². The van der Waals surface area contributed by atoms with Crippen LogP contribution in [0.25, 0.3) is 10.8 Å². The van der Waals surface area contributed by atoms with Gasteiger partial charge in [0.25, 0.3) is 20.2 Å². The molecule has 0 aliphatic rings. The molecule has 20 heavy (non-hydrogen) atoms. The second-order valence-corrected chi connectivity index (χ2v) is 6.74. The Morgan fingerprint density at radius 1 is 1.00 bits per heavy atom. The average molecular weight is 318 g/mol. The summed E-state index contributed by atoms with van der Waals surface area (Å²) in [6.07, 6.45) is 0. The monoisotopic (exact) mass is 318 g/mol. The van der Waals surface area contributed by atoms with Crippen molar-refractivity contribution >= 4 is 31.0 Å². The maximum absolute atomic E-state index is 11.4. The van der Waals surface area contributed by atoms with Crippen molar-refractivity contribution in [1.29, 1.82) is 0 Å². The van der Waals surface area contributed by atoms with Crippen molar-refractivity contribution in [1.82, 2.24) is 0 Å². The smallest absolute Gasteiger partial charge is 0.295 e. The standard InChI is InChI=1S/C11H10O7S2/c1-18-9-4-2-3-7-5-8(19(12,13)14)6-10(11(7)9)20(15,16)17/h2-6H,1H3,(H,12,13,14)(H,15,16,17). The summed E-state index contributed by atoms with van der Waals surface area (Å²) in [6, 6.07) is 6.17. The van der Waals surface area contributed by atoms with Gasteiger partial charge in [-0.25, -0.2) is 0 Å². The molecular formula is C11H10O7S2. The highest BCUT2D eigenvalue weighted by atomic mass is 32.2. The SMILES string of the molecule is COc1cccc2cc(S(=O)(=O)O)cc(S(=O)(=O)O)c12. The first-order chi connectivity index (χ1) is 9.14. The fourth-order valence-electron chi connectivity index (χ4n) is 1.85. The summed E-state index contributed by atoms with van der Waals surface area (Å²) < 4.78 is 68.4. The normalized spacial score (nSPS) is 12.6. The summed E-state index contributed by atoms with van der Waals surface area (Å²) in [6.45, 7) is 0. The molecule has 108 valence electrons. The van der Waals surface area contributed by atoms with E-state index in [1.54, 1.807) is 0 Å². The Morgan fingerprint density at radius 2 is 1.65 bits per heavy atom. The molecule has 2 rings (SSSR count). The molecule has 0 bridgehead atoms. The Labute approximate surface area is 115 Å². The Kier molecular flexibility index (Phi) is 3.46. The number of benzene rings is 2. The maximum atomic E-state index is 11.4. The van der Waals surface area contributed by atoms with E-state index >= 15 is 0 Å². The van der Waals surface area contributed by atoms with E-state index in [0.717, 1.165) is 6.07 Å². The number of hydrogen-bond acceptors (Lipinski definition) is 5. The third kappa shape index (κ3) is 2.61. The summed E-state index contributed by atoms with van der Waals surface area (Å²) in [5.74, 6) is 0.150. The van der Waals surface area contributed by atoms with Gasteiger partial charge in [0.05, 0.1) is 12.0 Å². The van der Waals surface area contributed by atoms with Crippen LogP contribution in [0.5, 0.6) is 5.75 Å². The van der Waals surface area contributed by atoms with Crippen molar-refractivity contribution < 1.29 is 30.7 Å². The van der Waals surface area contributed by atoms with E-state index in [-0.39, 0.29) is 16.5 Å². The summed E-state index contributed by atoms with van der Waals surface area (Å²) in [5.41, 5.74) is 0. The van der Waals surface area contributed by atoms with Crippen LogP contribution in [0.1, 0.15) is 0 Å². The average Bonchev–Trinajstić information content (AvgIpc) is 2.34. The second kappa shape index (κ2) is 4.70. The molecule has 0 saturated heterocycles. The van der Waals surface area contributed by atoms with E-state index in [9.17, 15) is 21.4 Å². The minimum absolute atomic E-state index is 0.0323. The lowest BCUT2D eigenvalue weighted by Crippen LogP contribution is -2.05. The zero-order valence-electron chi connectivity index (χ0n) is 10.1. The van der Waals surface area contributed by atoms with Crippen LogP contribution in [0.4, 0.5) is 0 Å². The first-order valence-electron chi connectivity index (χ1n) is 5.20. The molecule has 0 aliphatic carbocycles.